The summed E-state index contributed by atoms with van der Waals surface area (Å²) in [7, 11) is 2.88. The normalized spacial score (nSPS) is 18.2. The van der Waals surface area contributed by atoms with Gasteiger partial charge in [-0.15, -0.1) is 0 Å². The van der Waals surface area contributed by atoms with Crippen molar-refractivity contribution < 1.29 is 24.2 Å². The van der Waals surface area contributed by atoms with Gasteiger partial charge in [-0.1, -0.05) is 18.5 Å². The number of amides is 1. The molecule has 7 nitrogen and oxygen atoms in total. The third-order valence-corrected chi connectivity index (χ3v) is 5.05. The summed E-state index contributed by atoms with van der Waals surface area (Å²) in [4.78, 5) is 31.0. The molecular formula is C21H21ClN2O5. The smallest absolute Gasteiger partial charge is 0.295 e. The number of likely N-dealkylation sites (tertiary alicyclic amines) is 1. The molecule has 1 aliphatic rings. The fourth-order valence-electron chi connectivity index (χ4n) is 3.43. The number of aliphatic hydroxyl groups is 1. The van der Waals surface area contributed by atoms with Gasteiger partial charge in [0.15, 0.2) is 0 Å². The number of aliphatic hydroxyl groups excluding tert-OH is 1. The zero-order valence-corrected chi connectivity index (χ0v) is 17.1. The molecule has 152 valence electrons. The third-order valence-electron chi connectivity index (χ3n) is 4.76. The number of rotatable bonds is 6. The number of halogens is 1. The lowest BCUT2D eigenvalue weighted by Crippen LogP contribution is -2.30. The number of carbonyl (C=O) groups is 2. The van der Waals surface area contributed by atoms with Crippen LogP contribution in [0.1, 0.15) is 30.5 Å². The predicted molar refractivity (Wildman–Crippen MR) is 108 cm³/mol. The van der Waals surface area contributed by atoms with Gasteiger partial charge in [-0.05, 0) is 30.2 Å². The Morgan fingerprint density at radius 3 is 2.41 bits per heavy atom. The lowest BCUT2D eigenvalue weighted by Gasteiger charge is -2.24. The first kappa shape index (κ1) is 20.7. The molecule has 1 saturated heterocycles. The summed E-state index contributed by atoms with van der Waals surface area (Å²) < 4.78 is 10.5. The Hall–Kier alpha value is -3.06. The molecule has 29 heavy (non-hydrogen) atoms. The summed E-state index contributed by atoms with van der Waals surface area (Å²) >= 11 is 6.22. The Morgan fingerprint density at radius 1 is 1.17 bits per heavy atom. The minimum absolute atomic E-state index is 0.0193. The Balaban J connectivity index is 2.25. The first-order valence-corrected chi connectivity index (χ1v) is 9.42. The predicted octanol–water partition coefficient (Wildman–Crippen LogP) is 3.58. The number of nitrogens with zero attached hydrogens (tertiary/aromatic N) is 2. The van der Waals surface area contributed by atoms with Crippen LogP contribution in [0.3, 0.4) is 0 Å². The van der Waals surface area contributed by atoms with Gasteiger partial charge in [0, 0.05) is 25.0 Å². The standard InChI is InChI=1S/C21H21ClN2O5/c1-4-9-24-18(12-5-7-23-8-6-12)17(20(26)21(24)27)19(25)13-10-14(22)16(29-3)11-15(13)28-2/h5-8,10-11,18,25H,4,9H2,1-3H3/b19-17+. The van der Waals surface area contributed by atoms with Gasteiger partial charge in [-0.25, -0.2) is 0 Å². The molecule has 1 aromatic heterocycles. The van der Waals surface area contributed by atoms with Crippen molar-refractivity contribution in [1.29, 1.82) is 0 Å². The molecule has 0 bridgehead atoms. The fourth-order valence-corrected chi connectivity index (χ4v) is 3.67. The molecule has 0 saturated carbocycles. The van der Waals surface area contributed by atoms with Crippen LogP contribution in [-0.2, 0) is 9.59 Å². The Labute approximate surface area is 173 Å². The highest BCUT2D eigenvalue weighted by Crippen LogP contribution is 2.42. The number of hydrogen-bond acceptors (Lipinski definition) is 6. The maximum Gasteiger partial charge on any atom is 0.295 e. The molecule has 1 aliphatic heterocycles. The molecule has 1 amide bonds. The van der Waals surface area contributed by atoms with Crippen molar-refractivity contribution in [1.82, 2.24) is 9.88 Å². The highest BCUT2D eigenvalue weighted by Gasteiger charge is 2.46. The SMILES string of the molecule is CCCN1C(=O)C(=O)/C(=C(/O)c2cc(Cl)c(OC)cc2OC)C1c1ccncc1. The number of carbonyl (C=O) groups excluding carboxylic acids is 2. The second-order valence-corrected chi connectivity index (χ2v) is 6.87. The van der Waals surface area contributed by atoms with Crippen molar-refractivity contribution in [2.24, 2.45) is 0 Å². The van der Waals surface area contributed by atoms with Crippen LogP contribution in [0.4, 0.5) is 0 Å². The molecule has 3 rings (SSSR count). The first-order valence-electron chi connectivity index (χ1n) is 9.04. The van der Waals surface area contributed by atoms with E-state index in [9.17, 15) is 14.7 Å². The minimum Gasteiger partial charge on any atom is -0.507 e. The molecule has 2 heterocycles. The number of pyridine rings is 1. The maximum absolute atomic E-state index is 12.9. The quantitative estimate of drug-likeness (QED) is 0.440. The van der Waals surface area contributed by atoms with Crippen LogP contribution >= 0.6 is 11.6 Å². The Morgan fingerprint density at radius 2 is 1.83 bits per heavy atom. The van der Waals surface area contributed by atoms with Gasteiger partial charge in [-0.3, -0.25) is 14.6 Å². The molecule has 1 unspecified atom stereocenters. The van der Waals surface area contributed by atoms with Crippen LogP contribution < -0.4 is 9.47 Å². The monoisotopic (exact) mass is 416 g/mol. The molecule has 0 radical (unpaired) electrons. The number of ketones is 1. The van der Waals surface area contributed by atoms with E-state index in [4.69, 9.17) is 21.1 Å². The van der Waals surface area contributed by atoms with Gasteiger partial charge >= 0.3 is 0 Å². The summed E-state index contributed by atoms with van der Waals surface area (Å²) in [6.07, 6.45) is 3.81. The highest BCUT2D eigenvalue weighted by molar-refractivity contribution is 6.46. The molecule has 1 atom stereocenters. The lowest BCUT2D eigenvalue weighted by atomic mass is 9.95. The summed E-state index contributed by atoms with van der Waals surface area (Å²) in [5.74, 6) is -1.15. The van der Waals surface area contributed by atoms with E-state index in [0.29, 0.717) is 24.3 Å². The van der Waals surface area contributed by atoms with E-state index in [0.717, 1.165) is 0 Å². The summed E-state index contributed by atoms with van der Waals surface area (Å²) in [5.41, 5.74) is 0.855. The van der Waals surface area contributed by atoms with E-state index < -0.39 is 17.7 Å². The zero-order valence-electron chi connectivity index (χ0n) is 16.3. The number of methoxy groups -OCH3 is 2. The zero-order chi connectivity index (χ0) is 21.1. The molecule has 0 aliphatic carbocycles. The van der Waals surface area contributed by atoms with Gasteiger partial charge in [0.05, 0.1) is 36.4 Å². The van der Waals surface area contributed by atoms with Crippen LogP contribution in [0.5, 0.6) is 11.5 Å². The molecule has 1 fully saturated rings. The van der Waals surface area contributed by atoms with Gasteiger partial charge in [0.25, 0.3) is 11.7 Å². The number of ether oxygens (including phenoxy) is 2. The number of aromatic nitrogens is 1. The van der Waals surface area contributed by atoms with Crippen molar-refractivity contribution in [3.63, 3.8) is 0 Å². The average molecular weight is 417 g/mol. The van der Waals surface area contributed by atoms with Crippen molar-refractivity contribution in [3.8, 4) is 11.5 Å². The van der Waals surface area contributed by atoms with Crippen molar-refractivity contribution >= 4 is 29.1 Å². The van der Waals surface area contributed by atoms with Crippen LogP contribution in [-0.4, -0.2) is 47.4 Å². The van der Waals surface area contributed by atoms with Crippen LogP contribution in [0, 0.1) is 0 Å². The molecule has 8 heteroatoms. The summed E-state index contributed by atoms with van der Waals surface area (Å²) in [5, 5.41) is 11.3. The molecule has 1 N–H and O–H groups in total. The van der Waals surface area contributed by atoms with Crippen molar-refractivity contribution in [2.45, 2.75) is 19.4 Å². The Bertz CT molecular complexity index is 975. The van der Waals surface area contributed by atoms with Crippen molar-refractivity contribution in [2.75, 3.05) is 20.8 Å². The van der Waals surface area contributed by atoms with Gasteiger partial charge in [0.2, 0.25) is 0 Å². The number of hydrogen-bond donors (Lipinski definition) is 1. The van der Waals surface area contributed by atoms with E-state index >= 15 is 0 Å². The van der Waals surface area contributed by atoms with E-state index in [1.54, 1.807) is 24.5 Å². The maximum atomic E-state index is 12.9. The highest BCUT2D eigenvalue weighted by atomic mass is 35.5. The number of benzene rings is 1. The Kier molecular flexibility index (Phi) is 6.08. The van der Waals surface area contributed by atoms with Gasteiger partial charge in [-0.2, -0.15) is 0 Å². The second kappa shape index (κ2) is 8.53. The van der Waals surface area contributed by atoms with Gasteiger partial charge < -0.3 is 19.5 Å². The third kappa shape index (κ3) is 3.65. The lowest BCUT2D eigenvalue weighted by molar-refractivity contribution is -0.139. The van der Waals surface area contributed by atoms with E-state index in [2.05, 4.69) is 4.98 Å². The van der Waals surface area contributed by atoms with Crippen molar-refractivity contribution in [3.05, 3.63) is 58.4 Å². The van der Waals surface area contributed by atoms with Crippen LogP contribution in [0.2, 0.25) is 5.02 Å². The molecule has 1 aromatic carbocycles. The largest absolute Gasteiger partial charge is 0.507 e. The van der Waals surface area contributed by atoms with Crippen LogP contribution in [0.25, 0.3) is 5.76 Å². The fraction of sp³-hybridized carbons (Fsp3) is 0.286. The average Bonchev–Trinajstić information content (AvgIpc) is 2.99. The summed E-state index contributed by atoms with van der Waals surface area (Å²) in [6, 6.07) is 5.66. The van der Waals surface area contributed by atoms with E-state index in [1.165, 1.54) is 31.3 Å². The van der Waals surface area contributed by atoms with Gasteiger partial charge in [0.1, 0.15) is 17.3 Å². The summed E-state index contributed by atoms with van der Waals surface area (Å²) in [6.45, 7) is 2.28. The van der Waals surface area contributed by atoms with E-state index in [-0.39, 0.29) is 27.7 Å². The minimum atomic E-state index is -0.758. The topological polar surface area (TPSA) is 89.0 Å². The first-order chi connectivity index (χ1) is 13.9. The van der Waals surface area contributed by atoms with Crippen LogP contribution in [0.15, 0.2) is 42.2 Å². The molecular weight excluding hydrogens is 396 g/mol. The molecule has 2 aromatic rings. The van der Waals surface area contributed by atoms with E-state index in [1.807, 2.05) is 6.92 Å². The number of Topliss-reactive ketones (excluding diaryl/α,β-unsaturated/α-hetero) is 1. The second-order valence-electron chi connectivity index (χ2n) is 6.46. The molecule has 0 spiro atoms.